The number of hydrogen-bond acceptors (Lipinski definition) is 6. The number of pyridine rings is 1. The van der Waals surface area contributed by atoms with Crippen LogP contribution in [0.5, 0.6) is 0 Å². The van der Waals surface area contributed by atoms with Crippen molar-refractivity contribution < 1.29 is 18.3 Å². The fourth-order valence-electron chi connectivity index (χ4n) is 5.65. The number of aliphatic hydroxyl groups is 1. The molecule has 192 valence electrons. The van der Waals surface area contributed by atoms with E-state index in [0.29, 0.717) is 6.54 Å². The highest BCUT2D eigenvalue weighted by Gasteiger charge is 2.42. The number of para-hydroxylation sites is 1. The molecule has 2 aromatic rings. The van der Waals surface area contributed by atoms with Crippen LogP contribution in [0.15, 0.2) is 35.1 Å². The summed E-state index contributed by atoms with van der Waals surface area (Å²) in [5.41, 5.74) is 0.691. The minimum absolute atomic E-state index is 0.0505. The van der Waals surface area contributed by atoms with Gasteiger partial charge in [0.05, 0.1) is 17.9 Å². The van der Waals surface area contributed by atoms with E-state index >= 15 is 0 Å². The smallest absolute Gasteiger partial charge is 0.264 e. The molecule has 9 nitrogen and oxygen atoms in total. The van der Waals surface area contributed by atoms with Crippen molar-refractivity contribution in [2.75, 3.05) is 26.4 Å². The Labute approximate surface area is 206 Å². The first-order valence-electron chi connectivity index (χ1n) is 12.3. The van der Waals surface area contributed by atoms with Gasteiger partial charge < -0.3 is 15.0 Å². The van der Waals surface area contributed by atoms with E-state index in [2.05, 4.69) is 10.2 Å². The Kier molecular flexibility index (Phi) is 7.38. The standard InChI is InChI=1S/C25H36N4O5S/c1-16(2)29-23-8-6-5-7-17(23)11-22(25(29)32)24(31)26-18-12-19-9-10-20(13-18)28(19)15-21(30)14-27(3)35(4,33)34/h5-8,11,16,18-21,30H,9-10,12-15H2,1-4H3,(H,26,31)/t19-,20-,21+/m0/s1. The fraction of sp³-hybridized carbons (Fsp3) is 0.600. The van der Waals surface area contributed by atoms with Crippen molar-refractivity contribution >= 4 is 26.8 Å². The summed E-state index contributed by atoms with van der Waals surface area (Å²) in [6.07, 6.45) is 3.77. The normalized spacial score (nSPS) is 23.8. The number of hydrogen-bond donors (Lipinski definition) is 2. The van der Waals surface area contributed by atoms with Crippen molar-refractivity contribution in [2.24, 2.45) is 0 Å². The number of carbonyl (C=O) groups is 1. The fourth-order valence-corrected chi connectivity index (χ4v) is 6.09. The average molecular weight is 505 g/mol. The number of likely N-dealkylation sites (N-methyl/N-ethyl adjacent to an activating group) is 1. The first-order valence-corrected chi connectivity index (χ1v) is 14.1. The number of benzene rings is 1. The number of carbonyl (C=O) groups excluding carboxylic acids is 1. The van der Waals surface area contributed by atoms with E-state index in [-0.39, 0.29) is 47.7 Å². The summed E-state index contributed by atoms with van der Waals surface area (Å²) in [6, 6.07) is 9.57. The molecule has 0 unspecified atom stereocenters. The van der Waals surface area contributed by atoms with Crippen LogP contribution < -0.4 is 10.9 Å². The van der Waals surface area contributed by atoms with Crippen molar-refractivity contribution in [3.63, 3.8) is 0 Å². The Morgan fingerprint density at radius 3 is 2.43 bits per heavy atom. The van der Waals surface area contributed by atoms with Crippen LogP contribution in [0.3, 0.4) is 0 Å². The topological polar surface area (TPSA) is 112 Å². The molecule has 2 N–H and O–H groups in total. The van der Waals surface area contributed by atoms with Gasteiger partial charge in [0.2, 0.25) is 10.0 Å². The van der Waals surface area contributed by atoms with Gasteiger partial charge in [-0.15, -0.1) is 0 Å². The van der Waals surface area contributed by atoms with Crippen LogP contribution in [-0.4, -0.2) is 83.8 Å². The zero-order valence-corrected chi connectivity index (χ0v) is 21.7. The molecule has 1 aromatic carbocycles. The second-order valence-electron chi connectivity index (χ2n) is 10.3. The predicted octanol–water partition coefficient (Wildman–Crippen LogP) is 1.56. The van der Waals surface area contributed by atoms with Crippen LogP contribution in [0.4, 0.5) is 0 Å². The summed E-state index contributed by atoms with van der Waals surface area (Å²) in [7, 11) is -1.88. The van der Waals surface area contributed by atoms with Gasteiger partial charge >= 0.3 is 0 Å². The highest BCUT2D eigenvalue weighted by atomic mass is 32.2. The van der Waals surface area contributed by atoms with Crippen molar-refractivity contribution in [1.29, 1.82) is 0 Å². The van der Waals surface area contributed by atoms with Crippen molar-refractivity contribution in [2.45, 2.75) is 69.8 Å². The number of fused-ring (bicyclic) bond motifs is 3. The Bertz CT molecular complexity index is 1240. The second kappa shape index (κ2) is 10.0. The molecule has 1 aromatic heterocycles. The number of nitrogens with one attached hydrogen (secondary N) is 1. The van der Waals surface area contributed by atoms with Crippen molar-refractivity contribution in [1.82, 2.24) is 19.1 Å². The van der Waals surface area contributed by atoms with Crippen LogP contribution in [0, 0.1) is 0 Å². The summed E-state index contributed by atoms with van der Waals surface area (Å²) < 4.78 is 26.1. The molecule has 10 heteroatoms. The van der Waals surface area contributed by atoms with Crippen LogP contribution in [0.25, 0.3) is 10.9 Å². The van der Waals surface area contributed by atoms with E-state index in [1.54, 1.807) is 10.6 Å². The molecule has 0 spiro atoms. The third kappa shape index (κ3) is 5.45. The molecular weight excluding hydrogens is 468 g/mol. The molecule has 0 aliphatic carbocycles. The lowest BCUT2D eigenvalue weighted by Crippen LogP contribution is -2.53. The number of nitrogens with zero attached hydrogens (tertiary/aromatic N) is 3. The molecule has 3 heterocycles. The van der Waals surface area contributed by atoms with Crippen molar-refractivity contribution in [3.05, 3.63) is 46.2 Å². The minimum atomic E-state index is -3.34. The molecule has 2 saturated heterocycles. The van der Waals surface area contributed by atoms with E-state index in [4.69, 9.17) is 0 Å². The van der Waals surface area contributed by atoms with Crippen LogP contribution in [-0.2, 0) is 10.0 Å². The Morgan fingerprint density at radius 1 is 1.20 bits per heavy atom. The summed E-state index contributed by atoms with van der Waals surface area (Å²) in [5, 5.41) is 14.5. The number of aromatic nitrogens is 1. The lowest BCUT2D eigenvalue weighted by Gasteiger charge is -2.40. The minimum Gasteiger partial charge on any atom is -0.390 e. The quantitative estimate of drug-likeness (QED) is 0.564. The molecule has 2 fully saturated rings. The Hall–Kier alpha value is -2.27. The van der Waals surface area contributed by atoms with E-state index < -0.39 is 16.1 Å². The van der Waals surface area contributed by atoms with Gasteiger partial charge in [-0.2, -0.15) is 0 Å². The zero-order valence-electron chi connectivity index (χ0n) is 20.8. The highest BCUT2D eigenvalue weighted by Crippen LogP contribution is 2.36. The summed E-state index contributed by atoms with van der Waals surface area (Å²) >= 11 is 0. The third-order valence-corrected chi connectivity index (χ3v) is 8.66. The summed E-state index contributed by atoms with van der Waals surface area (Å²) in [6.45, 7) is 4.33. The molecular formula is C25H36N4O5S. The number of piperidine rings is 1. The molecule has 0 radical (unpaired) electrons. The molecule has 3 atom stereocenters. The second-order valence-corrected chi connectivity index (χ2v) is 12.4. The molecule has 2 aliphatic rings. The first kappa shape index (κ1) is 25.8. The molecule has 4 rings (SSSR count). The van der Waals surface area contributed by atoms with Crippen molar-refractivity contribution in [3.8, 4) is 0 Å². The van der Waals surface area contributed by atoms with E-state index in [1.165, 1.54) is 11.4 Å². The lowest BCUT2D eigenvalue weighted by molar-refractivity contribution is 0.0448. The van der Waals surface area contributed by atoms with Gasteiger partial charge in [-0.3, -0.25) is 14.5 Å². The van der Waals surface area contributed by atoms with Crippen LogP contribution >= 0.6 is 0 Å². The zero-order chi connectivity index (χ0) is 25.5. The van der Waals surface area contributed by atoms with E-state index in [1.807, 2.05) is 38.1 Å². The van der Waals surface area contributed by atoms with E-state index in [0.717, 1.165) is 42.8 Å². The average Bonchev–Trinajstić information content (AvgIpc) is 2.99. The number of sulfonamides is 1. The van der Waals surface area contributed by atoms with Gasteiger partial charge in [-0.05, 0) is 57.0 Å². The molecule has 2 bridgehead atoms. The SMILES string of the molecule is CC(C)n1c(=O)c(C(=O)NC2C[C@@H]3CC[C@@H](C2)N3C[C@H](O)CN(C)S(C)(=O)=O)cc2ccccc21. The molecule has 2 aliphatic heterocycles. The highest BCUT2D eigenvalue weighted by molar-refractivity contribution is 7.88. The Morgan fingerprint density at radius 2 is 1.83 bits per heavy atom. The molecule has 1 amide bonds. The summed E-state index contributed by atoms with van der Waals surface area (Å²) in [4.78, 5) is 28.7. The first-order chi connectivity index (χ1) is 16.5. The van der Waals surface area contributed by atoms with Gasteiger partial charge in [0, 0.05) is 44.3 Å². The Balaban J connectivity index is 1.44. The van der Waals surface area contributed by atoms with Gasteiger partial charge in [0.1, 0.15) is 5.56 Å². The van der Waals surface area contributed by atoms with Gasteiger partial charge in [-0.1, -0.05) is 18.2 Å². The summed E-state index contributed by atoms with van der Waals surface area (Å²) in [5.74, 6) is -0.345. The van der Waals surface area contributed by atoms with E-state index in [9.17, 15) is 23.1 Å². The van der Waals surface area contributed by atoms with Crippen LogP contribution in [0.2, 0.25) is 0 Å². The largest absolute Gasteiger partial charge is 0.390 e. The maximum atomic E-state index is 13.2. The van der Waals surface area contributed by atoms with Crippen LogP contribution in [0.1, 0.15) is 55.9 Å². The monoisotopic (exact) mass is 504 g/mol. The number of aliphatic hydroxyl groups excluding tert-OH is 1. The maximum Gasteiger partial charge on any atom is 0.264 e. The lowest BCUT2D eigenvalue weighted by atomic mass is 9.96. The van der Waals surface area contributed by atoms with Gasteiger partial charge in [-0.25, -0.2) is 12.7 Å². The predicted molar refractivity (Wildman–Crippen MR) is 136 cm³/mol. The maximum absolute atomic E-state index is 13.2. The molecule has 0 saturated carbocycles. The van der Waals surface area contributed by atoms with Gasteiger partial charge in [0.15, 0.2) is 0 Å². The van der Waals surface area contributed by atoms with Gasteiger partial charge in [0.25, 0.3) is 11.5 Å². The number of amides is 1. The molecule has 35 heavy (non-hydrogen) atoms. The third-order valence-electron chi connectivity index (χ3n) is 7.38. The number of rotatable bonds is 8.